The molecule has 0 bridgehead atoms. The number of esters is 1. The molecule has 0 radical (unpaired) electrons. The van der Waals surface area contributed by atoms with Crippen molar-refractivity contribution in [1.29, 1.82) is 0 Å². The lowest BCUT2D eigenvalue weighted by molar-refractivity contribution is 0.0721. The average molecular weight is 492 g/mol. The maximum atomic E-state index is 13.8. The van der Waals surface area contributed by atoms with Gasteiger partial charge < -0.3 is 9.47 Å². The van der Waals surface area contributed by atoms with Crippen LogP contribution in [0.3, 0.4) is 0 Å². The van der Waals surface area contributed by atoms with Gasteiger partial charge in [-0.25, -0.2) is 26.7 Å². The van der Waals surface area contributed by atoms with E-state index in [1.165, 1.54) is 37.8 Å². The number of unbranched alkanes of at least 4 members (excludes halogenated alkanes) is 5. The zero-order valence-corrected chi connectivity index (χ0v) is 19.2. The smallest absolute Gasteiger partial charge is 0.349 e. The quantitative estimate of drug-likeness (QED) is 0.0679. The zero-order chi connectivity index (χ0) is 25.4. The molecular weight excluding hydrogens is 467 g/mol. The number of ether oxygens (including phenoxy) is 2. The van der Waals surface area contributed by atoms with E-state index in [1.54, 1.807) is 12.1 Å². The van der Waals surface area contributed by atoms with Crippen molar-refractivity contribution in [3.05, 3.63) is 83.2 Å². The fourth-order valence-corrected chi connectivity index (χ4v) is 3.47. The first kappa shape index (κ1) is 26.2. The minimum absolute atomic E-state index is 0.124. The van der Waals surface area contributed by atoms with Gasteiger partial charge in [0.1, 0.15) is 17.1 Å². The third-order valence-electron chi connectivity index (χ3n) is 5.43. The number of hydrogen-bond acceptors (Lipinski definition) is 3. The second-order valence-corrected chi connectivity index (χ2v) is 8.00. The Morgan fingerprint density at radius 3 is 1.63 bits per heavy atom. The summed E-state index contributed by atoms with van der Waals surface area (Å²) in [6.07, 6.45) is 7.07. The molecule has 0 aliphatic carbocycles. The molecule has 0 aromatic heterocycles. The monoisotopic (exact) mass is 492 g/mol. The van der Waals surface area contributed by atoms with Gasteiger partial charge in [-0.05, 0) is 41.8 Å². The number of hydrogen-bond donors (Lipinski definition) is 0. The van der Waals surface area contributed by atoms with E-state index in [1.807, 2.05) is 24.3 Å². The number of carbonyl (C=O) groups is 1. The molecule has 35 heavy (non-hydrogen) atoms. The van der Waals surface area contributed by atoms with Crippen molar-refractivity contribution in [2.75, 3.05) is 6.61 Å². The van der Waals surface area contributed by atoms with E-state index >= 15 is 0 Å². The predicted molar refractivity (Wildman–Crippen MR) is 122 cm³/mol. The second kappa shape index (κ2) is 12.3. The summed E-state index contributed by atoms with van der Waals surface area (Å²) in [6, 6.07) is 13.3. The van der Waals surface area contributed by atoms with Crippen molar-refractivity contribution in [3.8, 4) is 22.6 Å². The Bertz CT molecular complexity index is 1120. The van der Waals surface area contributed by atoms with Crippen LogP contribution in [0.4, 0.5) is 22.0 Å². The number of carbonyl (C=O) groups excluding carboxylic acids is 1. The lowest BCUT2D eigenvalue weighted by atomic mass is 10.1. The highest BCUT2D eigenvalue weighted by atomic mass is 19.2. The Morgan fingerprint density at radius 1 is 0.629 bits per heavy atom. The van der Waals surface area contributed by atoms with Crippen LogP contribution >= 0.6 is 0 Å². The molecule has 3 nitrogen and oxygen atoms in total. The van der Waals surface area contributed by atoms with Crippen molar-refractivity contribution < 1.29 is 36.2 Å². The van der Waals surface area contributed by atoms with Crippen molar-refractivity contribution in [2.24, 2.45) is 0 Å². The van der Waals surface area contributed by atoms with Gasteiger partial charge in [-0.2, -0.15) is 0 Å². The van der Waals surface area contributed by atoms with Gasteiger partial charge in [0.25, 0.3) is 0 Å². The first-order valence-corrected chi connectivity index (χ1v) is 11.4. The fraction of sp³-hybridized carbons (Fsp3) is 0.296. The van der Waals surface area contributed by atoms with Gasteiger partial charge in [0.2, 0.25) is 5.82 Å². The first-order chi connectivity index (χ1) is 16.8. The molecular formula is C27H25F5O3. The Balaban J connectivity index is 1.58. The maximum absolute atomic E-state index is 13.8. The average Bonchev–Trinajstić information content (AvgIpc) is 2.87. The minimum Gasteiger partial charge on any atom is -0.494 e. The Kier molecular flexibility index (Phi) is 9.23. The van der Waals surface area contributed by atoms with Crippen molar-refractivity contribution in [2.45, 2.75) is 45.4 Å². The summed E-state index contributed by atoms with van der Waals surface area (Å²) in [4.78, 5) is 12.1. The number of halogens is 5. The fourth-order valence-electron chi connectivity index (χ4n) is 3.47. The first-order valence-electron chi connectivity index (χ1n) is 11.4. The van der Waals surface area contributed by atoms with Crippen LogP contribution < -0.4 is 9.47 Å². The van der Waals surface area contributed by atoms with E-state index in [4.69, 9.17) is 9.47 Å². The lowest BCUT2D eigenvalue weighted by Crippen LogP contribution is -2.17. The van der Waals surface area contributed by atoms with Crippen LogP contribution in [0.15, 0.2) is 48.5 Å². The van der Waals surface area contributed by atoms with E-state index in [-0.39, 0.29) is 5.75 Å². The van der Waals surface area contributed by atoms with Gasteiger partial charge in [0.15, 0.2) is 23.3 Å². The zero-order valence-electron chi connectivity index (χ0n) is 19.2. The Morgan fingerprint density at radius 2 is 1.09 bits per heavy atom. The summed E-state index contributed by atoms with van der Waals surface area (Å²) in [7, 11) is 0. The van der Waals surface area contributed by atoms with Gasteiger partial charge >= 0.3 is 5.97 Å². The van der Waals surface area contributed by atoms with Gasteiger partial charge in [0.05, 0.1) is 6.61 Å². The van der Waals surface area contributed by atoms with Crippen LogP contribution in [-0.4, -0.2) is 12.6 Å². The SMILES string of the molecule is CCCCCCCCOc1ccc(-c2ccc(OC(=O)c3c(F)c(F)c(F)c(F)c3F)cc2)cc1. The molecule has 0 N–H and O–H groups in total. The van der Waals surface area contributed by atoms with Crippen LogP contribution in [0, 0.1) is 29.1 Å². The lowest BCUT2D eigenvalue weighted by Gasteiger charge is -2.10. The van der Waals surface area contributed by atoms with Crippen molar-refractivity contribution in [3.63, 3.8) is 0 Å². The summed E-state index contributed by atoms with van der Waals surface area (Å²) in [5, 5.41) is 0. The minimum atomic E-state index is -2.35. The third kappa shape index (κ3) is 6.59. The summed E-state index contributed by atoms with van der Waals surface area (Å²) < 4.78 is 78.0. The van der Waals surface area contributed by atoms with Gasteiger partial charge in [-0.15, -0.1) is 0 Å². The van der Waals surface area contributed by atoms with Gasteiger partial charge in [-0.3, -0.25) is 0 Å². The maximum Gasteiger partial charge on any atom is 0.349 e. The van der Waals surface area contributed by atoms with E-state index in [9.17, 15) is 26.7 Å². The topological polar surface area (TPSA) is 35.5 Å². The second-order valence-electron chi connectivity index (χ2n) is 8.00. The van der Waals surface area contributed by atoms with Crippen molar-refractivity contribution in [1.82, 2.24) is 0 Å². The van der Waals surface area contributed by atoms with Crippen LogP contribution in [0.1, 0.15) is 55.8 Å². The summed E-state index contributed by atoms with van der Waals surface area (Å²) >= 11 is 0. The molecule has 0 amide bonds. The molecule has 0 unspecified atom stereocenters. The van der Waals surface area contributed by atoms with Gasteiger partial charge in [-0.1, -0.05) is 63.3 Å². The molecule has 3 aromatic rings. The molecule has 0 saturated heterocycles. The summed E-state index contributed by atoms with van der Waals surface area (Å²) in [5.74, 6) is -12.4. The highest BCUT2D eigenvalue weighted by Crippen LogP contribution is 2.27. The third-order valence-corrected chi connectivity index (χ3v) is 5.43. The molecule has 8 heteroatoms. The molecule has 186 valence electrons. The molecule has 0 atom stereocenters. The Hall–Kier alpha value is -3.42. The van der Waals surface area contributed by atoms with E-state index < -0.39 is 40.6 Å². The highest BCUT2D eigenvalue weighted by Gasteiger charge is 2.31. The normalized spacial score (nSPS) is 10.9. The standard InChI is InChI=1S/C27H25F5O3/c1-2-3-4-5-6-7-16-34-19-12-8-17(9-13-19)18-10-14-20(15-11-18)35-27(33)21-22(28)24(30)26(32)25(31)23(21)29/h8-15H,2-7,16H2,1H3. The molecule has 3 aromatic carbocycles. The van der Waals surface area contributed by atoms with Crippen molar-refractivity contribution >= 4 is 5.97 Å². The molecule has 0 saturated carbocycles. The Labute approximate surface area is 200 Å². The van der Waals surface area contributed by atoms with Crippen LogP contribution in [0.5, 0.6) is 11.5 Å². The van der Waals surface area contributed by atoms with Gasteiger partial charge in [0, 0.05) is 0 Å². The molecule has 0 aliphatic heterocycles. The van der Waals surface area contributed by atoms with E-state index in [0.717, 1.165) is 29.7 Å². The molecule has 0 heterocycles. The molecule has 3 rings (SSSR count). The highest BCUT2D eigenvalue weighted by molar-refractivity contribution is 5.91. The summed E-state index contributed by atoms with van der Waals surface area (Å²) in [5.41, 5.74) is -0.0555. The number of benzene rings is 3. The van der Waals surface area contributed by atoms with E-state index in [0.29, 0.717) is 6.61 Å². The number of rotatable bonds is 11. The summed E-state index contributed by atoms with van der Waals surface area (Å²) in [6.45, 7) is 2.83. The van der Waals surface area contributed by atoms with Crippen LogP contribution in [-0.2, 0) is 0 Å². The molecule has 0 fully saturated rings. The molecule has 0 aliphatic rings. The van der Waals surface area contributed by atoms with Crippen LogP contribution in [0.2, 0.25) is 0 Å². The van der Waals surface area contributed by atoms with E-state index in [2.05, 4.69) is 6.92 Å². The van der Waals surface area contributed by atoms with Crippen LogP contribution in [0.25, 0.3) is 11.1 Å². The molecule has 0 spiro atoms. The largest absolute Gasteiger partial charge is 0.494 e. The predicted octanol–water partition coefficient (Wildman–Crippen LogP) is 8.01.